The van der Waals surface area contributed by atoms with E-state index >= 15 is 0 Å². The van der Waals surface area contributed by atoms with Crippen LogP contribution in [0.4, 0.5) is 17.5 Å². The molecule has 0 aliphatic rings. The standard InChI is InChI=1S/C17H17N5O2/c1-10-4-5-14(11(2)6-10)20-16(23)13-8-18-17(19-9-13)21-15-7-12(3)24-22-15/h4-9H,1-3H3,(H,20,23)(H,18,19,21,22). The van der Waals surface area contributed by atoms with E-state index in [1.165, 1.54) is 12.4 Å². The van der Waals surface area contributed by atoms with Crippen LogP contribution in [0.2, 0.25) is 0 Å². The van der Waals surface area contributed by atoms with Crippen LogP contribution in [0.3, 0.4) is 0 Å². The van der Waals surface area contributed by atoms with Gasteiger partial charge in [0, 0.05) is 24.1 Å². The maximum atomic E-state index is 12.3. The third-order valence-electron chi connectivity index (χ3n) is 3.41. The summed E-state index contributed by atoms with van der Waals surface area (Å²) in [5.41, 5.74) is 3.29. The summed E-state index contributed by atoms with van der Waals surface area (Å²) in [5, 5.41) is 9.55. The van der Waals surface area contributed by atoms with Crippen molar-refractivity contribution in [3.63, 3.8) is 0 Å². The minimum absolute atomic E-state index is 0.259. The molecule has 3 rings (SSSR count). The summed E-state index contributed by atoms with van der Waals surface area (Å²) in [6.07, 6.45) is 2.92. The molecule has 0 atom stereocenters. The normalized spacial score (nSPS) is 10.5. The van der Waals surface area contributed by atoms with Gasteiger partial charge in [0.25, 0.3) is 5.91 Å². The van der Waals surface area contributed by atoms with E-state index < -0.39 is 0 Å². The first kappa shape index (κ1) is 15.7. The molecule has 7 nitrogen and oxygen atoms in total. The first-order chi connectivity index (χ1) is 11.5. The Morgan fingerprint density at radius 2 is 1.83 bits per heavy atom. The first-order valence-corrected chi connectivity index (χ1v) is 7.42. The number of benzene rings is 1. The number of anilines is 3. The molecule has 2 N–H and O–H groups in total. The molecule has 24 heavy (non-hydrogen) atoms. The van der Waals surface area contributed by atoms with E-state index in [-0.39, 0.29) is 5.91 Å². The Labute approximate surface area is 139 Å². The van der Waals surface area contributed by atoms with Crippen LogP contribution in [0.5, 0.6) is 0 Å². The molecule has 2 aromatic heterocycles. The minimum atomic E-state index is -0.259. The summed E-state index contributed by atoms with van der Waals surface area (Å²) in [4.78, 5) is 20.5. The Kier molecular flexibility index (Phi) is 4.24. The zero-order valence-electron chi connectivity index (χ0n) is 13.6. The highest BCUT2D eigenvalue weighted by molar-refractivity contribution is 6.04. The lowest BCUT2D eigenvalue weighted by atomic mass is 10.1. The summed E-state index contributed by atoms with van der Waals surface area (Å²) in [6.45, 7) is 5.75. The van der Waals surface area contributed by atoms with Crippen molar-refractivity contribution in [1.29, 1.82) is 0 Å². The summed E-state index contributed by atoms with van der Waals surface area (Å²) in [7, 11) is 0. The highest BCUT2D eigenvalue weighted by Crippen LogP contribution is 2.17. The number of nitrogens with zero attached hydrogens (tertiary/aromatic N) is 3. The van der Waals surface area contributed by atoms with Crippen LogP contribution in [-0.2, 0) is 0 Å². The molecule has 0 unspecified atom stereocenters. The van der Waals surface area contributed by atoms with Crippen molar-refractivity contribution < 1.29 is 9.32 Å². The van der Waals surface area contributed by atoms with Gasteiger partial charge < -0.3 is 15.2 Å². The molecule has 0 saturated carbocycles. The van der Waals surface area contributed by atoms with Gasteiger partial charge >= 0.3 is 0 Å². The molecule has 122 valence electrons. The molecule has 3 aromatic rings. The summed E-state index contributed by atoms with van der Waals surface area (Å²) >= 11 is 0. The Morgan fingerprint density at radius 1 is 1.08 bits per heavy atom. The van der Waals surface area contributed by atoms with Gasteiger partial charge in [-0.05, 0) is 32.4 Å². The SMILES string of the molecule is Cc1ccc(NC(=O)c2cnc(Nc3cc(C)on3)nc2)c(C)c1. The first-order valence-electron chi connectivity index (χ1n) is 7.42. The fourth-order valence-electron chi connectivity index (χ4n) is 2.20. The van der Waals surface area contributed by atoms with E-state index in [9.17, 15) is 4.79 Å². The molecule has 0 aliphatic heterocycles. The topological polar surface area (TPSA) is 92.9 Å². The molecule has 0 radical (unpaired) electrons. The van der Waals surface area contributed by atoms with E-state index in [0.29, 0.717) is 23.1 Å². The van der Waals surface area contributed by atoms with Gasteiger partial charge in [0.1, 0.15) is 5.76 Å². The monoisotopic (exact) mass is 323 g/mol. The number of nitrogens with one attached hydrogen (secondary N) is 2. The van der Waals surface area contributed by atoms with Crippen molar-refractivity contribution >= 4 is 23.4 Å². The molecule has 0 bridgehead atoms. The van der Waals surface area contributed by atoms with Gasteiger partial charge in [0.15, 0.2) is 5.82 Å². The van der Waals surface area contributed by atoms with Crippen molar-refractivity contribution in [3.8, 4) is 0 Å². The predicted molar refractivity (Wildman–Crippen MR) is 90.4 cm³/mol. The van der Waals surface area contributed by atoms with Crippen molar-refractivity contribution in [3.05, 3.63) is 59.1 Å². The molecule has 2 heterocycles. The van der Waals surface area contributed by atoms with Gasteiger partial charge in [-0.2, -0.15) is 0 Å². The minimum Gasteiger partial charge on any atom is -0.360 e. The molecular formula is C17H17N5O2. The largest absolute Gasteiger partial charge is 0.360 e. The number of carbonyl (C=O) groups is 1. The van der Waals surface area contributed by atoms with Crippen LogP contribution in [-0.4, -0.2) is 21.0 Å². The van der Waals surface area contributed by atoms with Crippen molar-refractivity contribution in [2.45, 2.75) is 20.8 Å². The number of hydrogen-bond donors (Lipinski definition) is 2. The molecule has 7 heteroatoms. The van der Waals surface area contributed by atoms with Crippen LogP contribution in [0.25, 0.3) is 0 Å². The van der Waals surface area contributed by atoms with E-state index in [1.807, 2.05) is 32.0 Å². The van der Waals surface area contributed by atoms with Gasteiger partial charge in [-0.1, -0.05) is 22.9 Å². The highest BCUT2D eigenvalue weighted by atomic mass is 16.5. The van der Waals surface area contributed by atoms with Gasteiger partial charge in [-0.15, -0.1) is 0 Å². The van der Waals surface area contributed by atoms with E-state index in [4.69, 9.17) is 4.52 Å². The van der Waals surface area contributed by atoms with Crippen LogP contribution in [0, 0.1) is 20.8 Å². The van der Waals surface area contributed by atoms with Crippen molar-refractivity contribution in [1.82, 2.24) is 15.1 Å². The smallest absolute Gasteiger partial charge is 0.258 e. The Morgan fingerprint density at radius 3 is 2.46 bits per heavy atom. The molecule has 0 aliphatic carbocycles. The average molecular weight is 323 g/mol. The maximum absolute atomic E-state index is 12.3. The predicted octanol–water partition coefficient (Wildman–Crippen LogP) is 3.39. The van der Waals surface area contributed by atoms with Crippen molar-refractivity contribution in [2.24, 2.45) is 0 Å². The van der Waals surface area contributed by atoms with Gasteiger partial charge in [-0.25, -0.2) is 9.97 Å². The molecule has 0 fully saturated rings. The van der Waals surface area contributed by atoms with Gasteiger partial charge in [0.2, 0.25) is 5.95 Å². The van der Waals surface area contributed by atoms with Crippen LogP contribution < -0.4 is 10.6 Å². The summed E-state index contributed by atoms with van der Waals surface area (Å²) in [6, 6.07) is 7.57. The molecular weight excluding hydrogens is 306 g/mol. The Bertz CT molecular complexity index is 871. The van der Waals surface area contributed by atoms with Crippen molar-refractivity contribution in [2.75, 3.05) is 10.6 Å². The highest BCUT2D eigenvalue weighted by Gasteiger charge is 2.10. The van der Waals surface area contributed by atoms with Crippen LogP contribution in [0.1, 0.15) is 27.2 Å². The maximum Gasteiger partial charge on any atom is 0.258 e. The molecule has 1 amide bonds. The quantitative estimate of drug-likeness (QED) is 0.764. The van der Waals surface area contributed by atoms with Gasteiger partial charge in [-0.3, -0.25) is 4.79 Å². The van der Waals surface area contributed by atoms with E-state index in [2.05, 4.69) is 25.8 Å². The second kappa shape index (κ2) is 6.49. The Balaban J connectivity index is 1.69. The summed E-state index contributed by atoms with van der Waals surface area (Å²) < 4.78 is 4.95. The third kappa shape index (κ3) is 3.57. The summed E-state index contributed by atoms with van der Waals surface area (Å²) in [5.74, 6) is 1.28. The van der Waals surface area contributed by atoms with Crippen LogP contribution >= 0.6 is 0 Å². The number of rotatable bonds is 4. The lowest BCUT2D eigenvalue weighted by Crippen LogP contribution is -2.14. The third-order valence-corrected chi connectivity index (χ3v) is 3.41. The second-order valence-corrected chi connectivity index (χ2v) is 5.52. The fourth-order valence-corrected chi connectivity index (χ4v) is 2.20. The molecule has 1 aromatic carbocycles. The zero-order chi connectivity index (χ0) is 17.1. The number of aromatic nitrogens is 3. The average Bonchev–Trinajstić information content (AvgIpc) is 2.96. The molecule has 0 saturated heterocycles. The van der Waals surface area contributed by atoms with Crippen LogP contribution in [0.15, 0.2) is 41.2 Å². The number of carbonyl (C=O) groups excluding carboxylic acids is 1. The van der Waals surface area contributed by atoms with E-state index in [1.54, 1.807) is 13.0 Å². The lowest BCUT2D eigenvalue weighted by molar-refractivity contribution is 0.102. The number of hydrogen-bond acceptors (Lipinski definition) is 6. The van der Waals surface area contributed by atoms with E-state index in [0.717, 1.165) is 16.8 Å². The molecule has 0 spiro atoms. The van der Waals surface area contributed by atoms with Gasteiger partial charge in [0.05, 0.1) is 5.56 Å². The zero-order valence-corrected chi connectivity index (χ0v) is 13.6. The second-order valence-electron chi connectivity index (χ2n) is 5.52. The number of amides is 1. The fraction of sp³-hybridized carbons (Fsp3) is 0.176. The Hall–Kier alpha value is -3.22. The number of aryl methyl sites for hydroxylation is 3. The lowest BCUT2D eigenvalue weighted by Gasteiger charge is -2.09.